The summed E-state index contributed by atoms with van der Waals surface area (Å²) < 4.78 is 8.09. The second-order valence-corrected chi connectivity index (χ2v) is 7.10. The SMILES string of the molecule is Clc1ccc(COC(CNc2ccc(Cl)cc2Cl)Cn2ccnc2)cc1. The number of nitrogens with one attached hydrogen (secondary N) is 1. The normalized spacial score (nSPS) is 12.1. The van der Waals surface area contributed by atoms with Crippen molar-refractivity contribution in [3.8, 4) is 0 Å². The molecule has 1 N–H and O–H groups in total. The van der Waals surface area contributed by atoms with Gasteiger partial charge in [0.25, 0.3) is 0 Å². The zero-order valence-electron chi connectivity index (χ0n) is 13.9. The molecule has 0 saturated carbocycles. The number of anilines is 1. The highest BCUT2D eigenvalue weighted by atomic mass is 35.5. The number of imidazole rings is 1. The first-order valence-electron chi connectivity index (χ1n) is 8.11. The lowest BCUT2D eigenvalue weighted by Gasteiger charge is -2.20. The van der Waals surface area contributed by atoms with Crippen molar-refractivity contribution in [2.24, 2.45) is 0 Å². The molecule has 0 fully saturated rings. The highest BCUT2D eigenvalue weighted by molar-refractivity contribution is 6.36. The van der Waals surface area contributed by atoms with Gasteiger partial charge >= 0.3 is 0 Å². The van der Waals surface area contributed by atoms with E-state index in [0.717, 1.165) is 11.3 Å². The largest absolute Gasteiger partial charge is 0.381 e. The van der Waals surface area contributed by atoms with Crippen LogP contribution in [0.2, 0.25) is 15.1 Å². The van der Waals surface area contributed by atoms with Crippen LogP contribution in [0.4, 0.5) is 5.69 Å². The molecule has 2 aromatic carbocycles. The van der Waals surface area contributed by atoms with E-state index in [1.165, 1.54) is 0 Å². The molecule has 0 aliphatic heterocycles. The number of ether oxygens (including phenoxy) is 1. The third kappa shape index (κ3) is 5.64. The van der Waals surface area contributed by atoms with E-state index in [2.05, 4.69) is 10.3 Å². The Morgan fingerprint density at radius 2 is 1.81 bits per heavy atom. The standard InChI is InChI=1S/C19H18Cl3N3O/c20-15-3-1-14(2-4-15)12-26-17(11-25-8-7-23-13-25)10-24-19-6-5-16(21)9-18(19)22/h1-9,13,17,24H,10-12H2. The zero-order valence-corrected chi connectivity index (χ0v) is 16.2. The van der Waals surface area contributed by atoms with Crippen LogP contribution in [0.15, 0.2) is 61.2 Å². The van der Waals surface area contributed by atoms with Crippen molar-refractivity contribution >= 4 is 40.5 Å². The second kappa shape index (κ2) is 9.28. The Bertz CT molecular complexity index is 823. The molecule has 1 heterocycles. The van der Waals surface area contributed by atoms with Gasteiger partial charge in [0.1, 0.15) is 0 Å². The van der Waals surface area contributed by atoms with Crippen molar-refractivity contribution in [3.63, 3.8) is 0 Å². The van der Waals surface area contributed by atoms with Crippen LogP contribution in [-0.2, 0) is 17.9 Å². The molecule has 0 radical (unpaired) electrons. The summed E-state index contributed by atoms with van der Waals surface area (Å²) in [4.78, 5) is 4.08. The summed E-state index contributed by atoms with van der Waals surface area (Å²) in [5.74, 6) is 0. The molecule has 1 aromatic heterocycles. The average molecular weight is 411 g/mol. The summed E-state index contributed by atoms with van der Waals surface area (Å²) in [6.45, 7) is 1.76. The van der Waals surface area contributed by atoms with Crippen molar-refractivity contribution in [2.45, 2.75) is 19.3 Å². The maximum absolute atomic E-state index is 6.23. The minimum Gasteiger partial charge on any atom is -0.381 e. The maximum atomic E-state index is 6.23. The van der Waals surface area contributed by atoms with Gasteiger partial charge in [-0.15, -0.1) is 0 Å². The predicted octanol–water partition coefficient (Wildman–Crippen LogP) is 5.54. The van der Waals surface area contributed by atoms with E-state index in [-0.39, 0.29) is 6.10 Å². The summed E-state index contributed by atoms with van der Waals surface area (Å²) in [7, 11) is 0. The molecule has 26 heavy (non-hydrogen) atoms. The fourth-order valence-electron chi connectivity index (χ4n) is 2.46. The van der Waals surface area contributed by atoms with Crippen LogP contribution in [-0.4, -0.2) is 22.2 Å². The van der Waals surface area contributed by atoms with Crippen LogP contribution < -0.4 is 5.32 Å². The molecule has 3 aromatic rings. The van der Waals surface area contributed by atoms with Gasteiger partial charge in [0, 0.05) is 29.0 Å². The van der Waals surface area contributed by atoms with Crippen molar-refractivity contribution in [1.82, 2.24) is 9.55 Å². The molecular formula is C19H18Cl3N3O. The predicted molar refractivity (Wildman–Crippen MR) is 107 cm³/mol. The van der Waals surface area contributed by atoms with Gasteiger partial charge in [0.05, 0.1) is 36.3 Å². The molecule has 4 nitrogen and oxygen atoms in total. The van der Waals surface area contributed by atoms with Crippen molar-refractivity contribution in [3.05, 3.63) is 81.8 Å². The Kier molecular flexibility index (Phi) is 6.80. The van der Waals surface area contributed by atoms with Gasteiger partial charge in [-0.25, -0.2) is 4.98 Å². The van der Waals surface area contributed by atoms with Crippen LogP contribution in [0.25, 0.3) is 0 Å². The Labute approximate surface area is 167 Å². The highest BCUT2D eigenvalue weighted by Gasteiger charge is 2.12. The number of rotatable bonds is 8. The number of hydrogen-bond acceptors (Lipinski definition) is 3. The van der Waals surface area contributed by atoms with E-state index < -0.39 is 0 Å². The van der Waals surface area contributed by atoms with E-state index in [4.69, 9.17) is 39.5 Å². The molecule has 7 heteroatoms. The topological polar surface area (TPSA) is 39.1 Å². The monoisotopic (exact) mass is 409 g/mol. The molecule has 3 rings (SSSR count). The van der Waals surface area contributed by atoms with Crippen molar-refractivity contribution in [2.75, 3.05) is 11.9 Å². The molecule has 0 saturated heterocycles. The summed E-state index contributed by atoms with van der Waals surface area (Å²) in [6, 6.07) is 13.0. The van der Waals surface area contributed by atoms with Gasteiger partial charge in [-0.2, -0.15) is 0 Å². The van der Waals surface area contributed by atoms with E-state index in [1.54, 1.807) is 24.7 Å². The Hall–Kier alpha value is -1.72. The summed E-state index contributed by atoms with van der Waals surface area (Å²) in [5.41, 5.74) is 1.89. The van der Waals surface area contributed by atoms with Gasteiger partial charge in [0.2, 0.25) is 0 Å². The summed E-state index contributed by atoms with van der Waals surface area (Å²) in [5, 5.41) is 5.22. The van der Waals surface area contributed by atoms with Crippen molar-refractivity contribution < 1.29 is 4.74 Å². The van der Waals surface area contributed by atoms with Crippen LogP contribution in [0, 0.1) is 0 Å². The van der Waals surface area contributed by atoms with Crippen LogP contribution >= 0.6 is 34.8 Å². The Balaban J connectivity index is 1.63. The first-order valence-corrected chi connectivity index (χ1v) is 9.24. The number of hydrogen-bond donors (Lipinski definition) is 1. The van der Waals surface area contributed by atoms with E-state index in [9.17, 15) is 0 Å². The minimum absolute atomic E-state index is 0.0772. The minimum atomic E-state index is -0.0772. The fourth-order valence-corrected chi connectivity index (χ4v) is 3.06. The lowest BCUT2D eigenvalue weighted by Crippen LogP contribution is -2.28. The van der Waals surface area contributed by atoms with Gasteiger partial charge in [-0.3, -0.25) is 0 Å². The van der Waals surface area contributed by atoms with Crippen LogP contribution in [0.5, 0.6) is 0 Å². The lowest BCUT2D eigenvalue weighted by atomic mass is 10.2. The first kappa shape index (κ1) is 19.1. The Morgan fingerprint density at radius 1 is 1.04 bits per heavy atom. The number of benzene rings is 2. The fraction of sp³-hybridized carbons (Fsp3) is 0.211. The van der Waals surface area contributed by atoms with Gasteiger partial charge in [-0.05, 0) is 35.9 Å². The molecule has 0 amide bonds. The Morgan fingerprint density at radius 3 is 2.50 bits per heavy atom. The van der Waals surface area contributed by atoms with Gasteiger partial charge in [-0.1, -0.05) is 46.9 Å². The highest BCUT2D eigenvalue weighted by Crippen LogP contribution is 2.25. The number of aromatic nitrogens is 2. The second-order valence-electron chi connectivity index (χ2n) is 5.82. The maximum Gasteiger partial charge on any atom is 0.0946 e. The first-order chi connectivity index (χ1) is 12.6. The smallest absolute Gasteiger partial charge is 0.0946 e. The number of halogens is 3. The summed E-state index contributed by atoms with van der Waals surface area (Å²) >= 11 is 18.1. The van der Waals surface area contributed by atoms with Crippen molar-refractivity contribution in [1.29, 1.82) is 0 Å². The molecule has 0 aliphatic carbocycles. The molecule has 1 atom stereocenters. The van der Waals surface area contributed by atoms with E-state index in [0.29, 0.717) is 34.8 Å². The zero-order chi connectivity index (χ0) is 18.4. The lowest BCUT2D eigenvalue weighted by molar-refractivity contribution is 0.0379. The van der Waals surface area contributed by atoms with E-state index >= 15 is 0 Å². The molecule has 0 bridgehead atoms. The summed E-state index contributed by atoms with van der Waals surface area (Å²) in [6.07, 6.45) is 5.35. The van der Waals surface area contributed by atoms with E-state index in [1.807, 2.05) is 41.1 Å². The number of nitrogens with zero attached hydrogens (tertiary/aromatic N) is 2. The van der Waals surface area contributed by atoms with Gasteiger partial charge in [0.15, 0.2) is 0 Å². The molecular weight excluding hydrogens is 393 g/mol. The van der Waals surface area contributed by atoms with Gasteiger partial charge < -0.3 is 14.6 Å². The molecule has 0 aliphatic rings. The van der Waals surface area contributed by atoms with Crippen LogP contribution in [0.3, 0.4) is 0 Å². The average Bonchev–Trinajstić information content (AvgIpc) is 3.13. The molecule has 1 unspecified atom stereocenters. The molecule has 136 valence electrons. The third-order valence-corrected chi connectivity index (χ3v) is 4.62. The third-order valence-electron chi connectivity index (χ3n) is 3.82. The van der Waals surface area contributed by atoms with Crippen LogP contribution in [0.1, 0.15) is 5.56 Å². The molecule has 0 spiro atoms. The quantitative estimate of drug-likeness (QED) is 0.530.